The van der Waals surface area contributed by atoms with Crippen LogP contribution in [-0.4, -0.2) is 45.4 Å². The van der Waals surface area contributed by atoms with Crippen molar-refractivity contribution in [3.05, 3.63) is 89.5 Å². The number of carbonyl (C=O) groups is 3. The number of imide groups is 1. The molecule has 0 aromatic heterocycles. The molecule has 1 atom stereocenters. The fourth-order valence-electron chi connectivity index (χ4n) is 4.04. The summed E-state index contributed by atoms with van der Waals surface area (Å²) < 4.78 is 30.2. The number of aryl methyl sites for hydroxylation is 2. The number of hydrogen-bond acceptors (Lipinski definition) is 6. The lowest BCUT2D eigenvalue weighted by Crippen LogP contribution is -2.32. The highest BCUT2D eigenvalue weighted by Crippen LogP contribution is 2.33. The molecule has 222 valence electrons. The molecule has 1 aliphatic heterocycles. The molecule has 0 spiro atoms. The van der Waals surface area contributed by atoms with Gasteiger partial charge >= 0.3 is 5.57 Å². The van der Waals surface area contributed by atoms with Gasteiger partial charge in [0.2, 0.25) is 11.8 Å². The van der Waals surface area contributed by atoms with Crippen LogP contribution in [0.1, 0.15) is 30.0 Å². The van der Waals surface area contributed by atoms with E-state index in [-0.39, 0.29) is 24.0 Å². The second-order valence-corrected chi connectivity index (χ2v) is 10.9. The average Bonchev–Trinajstić information content (AvgIpc) is 3.17. The topological polar surface area (TPSA) is 108 Å². The third-order valence-corrected chi connectivity index (χ3v) is 6.97. The van der Waals surface area contributed by atoms with Gasteiger partial charge < -0.3 is 15.2 Å². The molecule has 0 saturated carbocycles. The minimum Gasteiger partial charge on any atom is -0.481 e. The summed E-state index contributed by atoms with van der Waals surface area (Å²) in [4.78, 5) is 41.1. The van der Waals surface area contributed by atoms with E-state index in [1.165, 1.54) is 40.9 Å². The Hall–Kier alpha value is -3.96. The summed E-state index contributed by atoms with van der Waals surface area (Å²) in [6.07, 6.45) is 0.712. The Morgan fingerprint density at radius 3 is 2.36 bits per heavy atom. The Balaban J connectivity index is 0.00000114. The highest BCUT2D eigenvalue weighted by molar-refractivity contribution is 8.15. The summed E-state index contributed by atoms with van der Waals surface area (Å²) in [5, 5.41) is 10.3. The summed E-state index contributed by atoms with van der Waals surface area (Å²) >= 11 is 6.01. The Kier molecular flexibility index (Phi) is 11.5. The third-order valence-electron chi connectivity index (χ3n) is 5.79. The molecule has 3 aromatic carbocycles. The molecule has 0 aliphatic carbocycles. The highest BCUT2D eigenvalue weighted by atomic mass is 35.5. The van der Waals surface area contributed by atoms with Gasteiger partial charge in [0.05, 0.1) is 5.69 Å². The van der Waals surface area contributed by atoms with Crippen LogP contribution in [0.5, 0.6) is 5.75 Å². The number of alkyl halides is 3. The maximum atomic E-state index is 13.3. The van der Waals surface area contributed by atoms with Crippen LogP contribution in [0.25, 0.3) is 0 Å². The van der Waals surface area contributed by atoms with Gasteiger partial charge in [0, 0.05) is 37.2 Å². The van der Waals surface area contributed by atoms with Gasteiger partial charge in [-0.15, -0.1) is 8.78 Å². The molecular formula is C30H30ClF2N3O5S. The molecule has 2 amide bonds. The number of aliphatic carboxylic acids is 1. The SMILES string of the molecule is CC(=O)O.Cc1ccc(N2C(=O)CC(SC(=NCCc3ccccc3)Nc3ccc(OC(F)(F)Cl)cc3)C2=O)c(C)c1. The van der Waals surface area contributed by atoms with Crippen molar-refractivity contribution in [1.82, 2.24) is 0 Å². The Morgan fingerprint density at radius 1 is 1.12 bits per heavy atom. The minimum atomic E-state index is -3.81. The smallest absolute Gasteiger partial charge is 0.481 e. The molecule has 12 heteroatoms. The first-order valence-electron chi connectivity index (χ1n) is 12.8. The molecule has 1 aliphatic rings. The quantitative estimate of drug-likeness (QED) is 0.126. The number of thioether (sulfide) groups is 1. The van der Waals surface area contributed by atoms with Crippen molar-refractivity contribution in [3.8, 4) is 5.75 Å². The number of benzene rings is 3. The minimum absolute atomic E-state index is 0.0355. The molecule has 4 rings (SSSR count). The van der Waals surface area contributed by atoms with Crippen LogP contribution in [0.4, 0.5) is 20.2 Å². The highest BCUT2D eigenvalue weighted by Gasteiger charge is 2.41. The van der Waals surface area contributed by atoms with Crippen molar-refractivity contribution < 1.29 is 33.0 Å². The summed E-state index contributed by atoms with van der Waals surface area (Å²) in [6, 6.07) is 21.2. The van der Waals surface area contributed by atoms with Crippen molar-refractivity contribution >= 4 is 57.7 Å². The number of halogens is 3. The van der Waals surface area contributed by atoms with Gasteiger partial charge in [0.15, 0.2) is 5.17 Å². The number of rotatable bonds is 8. The first-order valence-corrected chi connectivity index (χ1v) is 14.1. The number of nitrogens with one attached hydrogen (secondary N) is 1. The number of amides is 2. The normalized spacial score (nSPS) is 15.2. The second-order valence-electron chi connectivity index (χ2n) is 9.31. The van der Waals surface area contributed by atoms with Crippen LogP contribution >= 0.6 is 23.4 Å². The lowest BCUT2D eigenvalue weighted by Gasteiger charge is -2.18. The number of carboxylic acids is 1. The molecule has 42 heavy (non-hydrogen) atoms. The van der Waals surface area contributed by atoms with Gasteiger partial charge in [-0.05, 0) is 61.7 Å². The maximum absolute atomic E-state index is 13.3. The maximum Gasteiger partial charge on any atom is 0.487 e. The van der Waals surface area contributed by atoms with E-state index in [0.29, 0.717) is 29.5 Å². The van der Waals surface area contributed by atoms with E-state index in [2.05, 4.69) is 15.0 Å². The van der Waals surface area contributed by atoms with Gasteiger partial charge in [-0.1, -0.05) is 59.8 Å². The first-order chi connectivity index (χ1) is 19.8. The standard InChI is InChI=1S/C28H26ClF2N3O3S.C2H4O2/c1-18-8-13-23(19(2)16-18)34-25(35)17-24(26(34)36)38-27(32-15-14-20-6-4-3-5-7-20)33-21-9-11-22(12-10-21)37-28(29,30)31;1-2(3)4/h3-13,16,24H,14-15,17H2,1-2H3,(H,32,33);1H3,(H,3,4). The van der Waals surface area contributed by atoms with E-state index in [1.807, 2.05) is 56.3 Å². The van der Waals surface area contributed by atoms with E-state index in [0.717, 1.165) is 23.6 Å². The second kappa shape index (κ2) is 14.8. The van der Waals surface area contributed by atoms with Gasteiger partial charge in [0.25, 0.3) is 5.97 Å². The van der Waals surface area contributed by atoms with Gasteiger partial charge in [-0.3, -0.25) is 19.4 Å². The summed E-state index contributed by atoms with van der Waals surface area (Å²) in [7, 11) is 0. The van der Waals surface area contributed by atoms with Crippen LogP contribution in [0.2, 0.25) is 0 Å². The number of carbonyl (C=O) groups excluding carboxylic acids is 2. The number of nitrogens with zero attached hydrogens (tertiary/aromatic N) is 2. The van der Waals surface area contributed by atoms with Crippen molar-refractivity contribution in [2.45, 2.75) is 44.4 Å². The van der Waals surface area contributed by atoms with Crippen LogP contribution in [0.3, 0.4) is 0 Å². The summed E-state index contributed by atoms with van der Waals surface area (Å²) in [6.45, 7) is 5.34. The van der Waals surface area contributed by atoms with E-state index in [4.69, 9.17) is 21.5 Å². The Bertz CT molecular complexity index is 1430. The van der Waals surface area contributed by atoms with Crippen LogP contribution < -0.4 is 15.0 Å². The molecule has 1 saturated heterocycles. The number of aliphatic imine (C=N–C) groups is 1. The zero-order valence-corrected chi connectivity index (χ0v) is 24.7. The zero-order chi connectivity index (χ0) is 30.9. The molecular weight excluding hydrogens is 588 g/mol. The third kappa shape index (κ3) is 10.1. The zero-order valence-electron chi connectivity index (χ0n) is 23.1. The number of amidine groups is 1. The number of carboxylic acid groups (broad SMARTS) is 1. The molecule has 0 radical (unpaired) electrons. The van der Waals surface area contributed by atoms with E-state index in [9.17, 15) is 18.4 Å². The summed E-state index contributed by atoms with van der Waals surface area (Å²) in [5.41, 5.74) is 0.306. The van der Waals surface area contributed by atoms with E-state index in [1.54, 1.807) is 6.07 Å². The largest absolute Gasteiger partial charge is 0.487 e. The number of hydrogen-bond donors (Lipinski definition) is 2. The van der Waals surface area contributed by atoms with Crippen LogP contribution in [0, 0.1) is 13.8 Å². The predicted molar refractivity (Wildman–Crippen MR) is 162 cm³/mol. The van der Waals surface area contributed by atoms with Gasteiger partial charge in [-0.25, -0.2) is 4.90 Å². The van der Waals surface area contributed by atoms with Gasteiger partial charge in [-0.2, -0.15) is 0 Å². The van der Waals surface area contributed by atoms with E-state index >= 15 is 0 Å². The molecule has 1 unspecified atom stereocenters. The number of ether oxygens (including phenoxy) is 1. The van der Waals surface area contributed by atoms with Crippen LogP contribution in [0.15, 0.2) is 77.8 Å². The van der Waals surface area contributed by atoms with Crippen LogP contribution in [-0.2, 0) is 20.8 Å². The Morgan fingerprint density at radius 2 is 1.76 bits per heavy atom. The van der Waals surface area contributed by atoms with Crippen molar-refractivity contribution in [3.63, 3.8) is 0 Å². The molecule has 3 aromatic rings. The van der Waals surface area contributed by atoms with Crippen molar-refractivity contribution in [2.24, 2.45) is 4.99 Å². The average molecular weight is 618 g/mol. The van der Waals surface area contributed by atoms with E-state index < -0.39 is 16.8 Å². The molecule has 1 heterocycles. The monoisotopic (exact) mass is 617 g/mol. The molecule has 8 nitrogen and oxygen atoms in total. The fraction of sp³-hybridized carbons (Fsp3) is 0.267. The molecule has 1 fully saturated rings. The van der Waals surface area contributed by atoms with Crippen molar-refractivity contribution in [2.75, 3.05) is 16.8 Å². The van der Waals surface area contributed by atoms with Gasteiger partial charge in [0.1, 0.15) is 11.0 Å². The Labute approximate surface area is 251 Å². The number of anilines is 2. The summed E-state index contributed by atoms with van der Waals surface area (Å²) in [5.74, 6) is -1.52. The molecule has 2 N–H and O–H groups in total. The lowest BCUT2D eigenvalue weighted by atomic mass is 10.1. The molecule has 0 bridgehead atoms. The lowest BCUT2D eigenvalue weighted by molar-refractivity contribution is -0.134. The first kappa shape index (κ1) is 32.6. The predicted octanol–water partition coefficient (Wildman–Crippen LogP) is 6.64. The van der Waals surface area contributed by atoms with Crippen molar-refractivity contribution in [1.29, 1.82) is 0 Å². The fourth-order valence-corrected chi connectivity index (χ4v) is 5.17.